The largest absolute Gasteiger partial charge is 0.338 e. The Kier molecular flexibility index (Phi) is 5.00. The second-order valence-electron chi connectivity index (χ2n) is 4.89. The molecule has 0 bridgehead atoms. The van der Waals surface area contributed by atoms with Gasteiger partial charge in [0.1, 0.15) is 5.82 Å². The van der Waals surface area contributed by atoms with Gasteiger partial charge in [-0.15, -0.1) is 0 Å². The van der Waals surface area contributed by atoms with Gasteiger partial charge >= 0.3 is 0 Å². The third-order valence-corrected chi connectivity index (χ3v) is 3.47. The summed E-state index contributed by atoms with van der Waals surface area (Å²) in [5.41, 5.74) is 1.31. The summed E-state index contributed by atoms with van der Waals surface area (Å²) in [6.07, 6.45) is 5.78. The highest BCUT2D eigenvalue weighted by molar-refractivity contribution is 6.30. The first-order valence-corrected chi connectivity index (χ1v) is 6.97. The van der Waals surface area contributed by atoms with E-state index in [4.69, 9.17) is 11.6 Å². The summed E-state index contributed by atoms with van der Waals surface area (Å²) >= 11 is 5.88. The molecule has 0 aliphatic heterocycles. The molecule has 1 N–H and O–H groups in total. The van der Waals surface area contributed by atoms with E-state index in [2.05, 4.69) is 33.9 Å². The summed E-state index contributed by atoms with van der Waals surface area (Å²) in [6, 6.07) is 8.49. The van der Waals surface area contributed by atoms with Crippen LogP contribution < -0.4 is 5.32 Å². The third kappa shape index (κ3) is 4.37. The third-order valence-electron chi connectivity index (χ3n) is 3.22. The Labute approximate surface area is 119 Å². The molecule has 1 aromatic carbocycles. The van der Waals surface area contributed by atoms with Crippen molar-refractivity contribution in [1.82, 2.24) is 14.9 Å². The Morgan fingerprint density at radius 3 is 2.68 bits per heavy atom. The molecular weight excluding hydrogens is 258 g/mol. The monoisotopic (exact) mass is 277 g/mol. The lowest BCUT2D eigenvalue weighted by atomic mass is 10.1. The fourth-order valence-corrected chi connectivity index (χ4v) is 2.24. The molecule has 0 amide bonds. The summed E-state index contributed by atoms with van der Waals surface area (Å²) in [7, 11) is 2.03. The standard InChI is InChI=1S/C15H20ClN3/c1-12(11-13-3-5-14(16)6-4-13)17-8-7-15-18-9-10-19(15)2/h3-6,9-10,12,17H,7-8,11H2,1-2H3. The molecule has 0 saturated heterocycles. The number of aryl methyl sites for hydroxylation is 1. The van der Waals surface area contributed by atoms with Crippen molar-refractivity contribution in [2.24, 2.45) is 7.05 Å². The van der Waals surface area contributed by atoms with Crippen molar-refractivity contribution in [3.63, 3.8) is 0 Å². The van der Waals surface area contributed by atoms with Crippen LogP contribution >= 0.6 is 11.6 Å². The number of aromatic nitrogens is 2. The molecule has 1 unspecified atom stereocenters. The maximum atomic E-state index is 5.88. The zero-order valence-corrected chi connectivity index (χ0v) is 12.2. The first kappa shape index (κ1) is 14.1. The first-order valence-electron chi connectivity index (χ1n) is 6.59. The van der Waals surface area contributed by atoms with E-state index in [1.54, 1.807) is 0 Å². The van der Waals surface area contributed by atoms with E-state index < -0.39 is 0 Å². The molecule has 0 saturated carbocycles. The van der Waals surface area contributed by atoms with Crippen molar-refractivity contribution in [3.05, 3.63) is 53.1 Å². The van der Waals surface area contributed by atoms with Crippen LogP contribution in [0, 0.1) is 0 Å². The molecule has 0 aliphatic carbocycles. The number of hydrogen-bond acceptors (Lipinski definition) is 2. The van der Waals surface area contributed by atoms with Gasteiger partial charge in [-0.05, 0) is 31.0 Å². The van der Waals surface area contributed by atoms with Crippen LogP contribution in [-0.2, 0) is 19.9 Å². The second-order valence-corrected chi connectivity index (χ2v) is 5.33. The number of rotatable bonds is 6. The number of nitrogens with one attached hydrogen (secondary N) is 1. The van der Waals surface area contributed by atoms with Gasteiger partial charge in [0, 0.05) is 43.5 Å². The average molecular weight is 278 g/mol. The summed E-state index contributed by atoms with van der Waals surface area (Å²) in [5.74, 6) is 1.12. The number of hydrogen-bond donors (Lipinski definition) is 1. The lowest BCUT2D eigenvalue weighted by Gasteiger charge is -2.13. The number of benzene rings is 1. The van der Waals surface area contributed by atoms with Gasteiger partial charge in [0.05, 0.1) is 0 Å². The second kappa shape index (κ2) is 6.73. The van der Waals surface area contributed by atoms with E-state index in [0.29, 0.717) is 6.04 Å². The van der Waals surface area contributed by atoms with E-state index in [0.717, 1.165) is 30.2 Å². The highest BCUT2D eigenvalue weighted by Gasteiger charge is 2.04. The normalized spacial score (nSPS) is 12.6. The van der Waals surface area contributed by atoms with Crippen molar-refractivity contribution in [2.45, 2.75) is 25.8 Å². The Balaban J connectivity index is 1.74. The summed E-state index contributed by atoms with van der Waals surface area (Å²) in [5, 5.41) is 4.32. The van der Waals surface area contributed by atoms with Gasteiger partial charge in [-0.3, -0.25) is 0 Å². The first-order chi connectivity index (χ1) is 9.15. The number of halogens is 1. The van der Waals surface area contributed by atoms with E-state index >= 15 is 0 Å². The Morgan fingerprint density at radius 1 is 1.32 bits per heavy atom. The molecule has 102 valence electrons. The summed E-state index contributed by atoms with van der Waals surface area (Å²) < 4.78 is 2.06. The highest BCUT2D eigenvalue weighted by Crippen LogP contribution is 2.11. The Hall–Kier alpha value is -1.32. The predicted octanol–water partition coefficient (Wildman–Crippen LogP) is 2.84. The van der Waals surface area contributed by atoms with E-state index in [1.165, 1.54) is 5.56 Å². The Bertz CT molecular complexity index is 504. The van der Waals surface area contributed by atoms with Crippen LogP contribution in [0.3, 0.4) is 0 Å². The maximum absolute atomic E-state index is 5.88. The molecule has 0 spiro atoms. The lowest BCUT2D eigenvalue weighted by Crippen LogP contribution is -2.30. The van der Waals surface area contributed by atoms with Gasteiger partial charge in [0.25, 0.3) is 0 Å². The predicted molar refractivity (Wildman–Crippen MR) is 79.5 cm³/mol. The van der Waals surface area contributed by atoms with Crippen LogP contribution in [0.4, 0.5) is 0 Å². The molecule has 0 radical (unpaired) electrons. The fourth-order valence-electron chi connectivity index (χ4n) is 2.11. The van der Waals surface area contributed by atoms with Gasteiger partial charge in [-0.1, -0.05) is 23.7 Å². The van der Waals surface area contributed by atoms with E-state index in [-0.39, 0.29) is 0 Å². The minimum atomic E-state index is 0.446. The van der Waals surface area contributed by atoms with Crippen molar-refractivity contribution < 1.29 is 0 Å². The van der Waals surface area contributed by atoms with Crippen LogP contribution in [0.15, 0.2) is 36.7 Å². The molecule has 3 nitrogen and oxygen atoms in total. The van der Waals surface area contributed by atoms with Gasteiger partial charge < -0.3 is 9.88 Å². The molecule has 4 heteroatoms. The van der Waals surface area contributed by atoms with Gasteiger partial charge in [-0.25, -0.2) is 4.98 Å². The average Bonchev–Trinajstić information content (AvgIpc) is 2.78. The molecule has 2 aromatic rings. The van der Waals surface area contributed by atoms with Crippen molar-refractivity contribution in [1.29, 1.82) is 0 Å². The topological polar surface area (TPSA) is 29.9 Å². The Morgan fingerprint density at radius 2 is 2.05 bits per heavy atom. The molecule has 19 heavy (non-hydrogen) atoms. The van der Waals surface area contributed by atoms with Crippen LogP contribution in [0.1, 0.15) is 18.3 Å². The minimum absolute atomic E-state index is 0.446. The zero-order valence-electron chi connectivity index (χ0n) is 11.4. The minimum Gasteiger partial charge on any atom is -0.338 e. The van der Waals surface area contributed by atoms with Gasteiger partial charge in [-0.2, -0.15) is 0 Å². The number of nitrogens with zero attached hydrogens (tertiary/aromatic N) is 2. The van der Waals surface area contributed by atoms with Gasteiger partial charge in [0.2, 0.25) is 0 Å². The molecule has 1 heterocycles. The maximum Gasteiger partial charge on any atom is 0.109 e. The summed E-state index contributed by atoms with van der Waals surface area (Å²) in [4.78, 5) is 4.31. The highest BCUT2D eigenvalue weighted by atomic mass is 35.5. The van der Waals surface area contributed by atoms with Crippen LogP contribution in [0.5, 0.6) is 0 Å². The van der Waals surface area contributed by atoms with Crippen LogP contribution in [-0.4, -0.2) is 22.1 Å². The fraction of sp³-hybridized carbons (Fsp3) is 0.400. The van der Waals surface area contributed by atoms with E-state index in [9.17, 15) is 0 Å². The smallest absolute Gasteiger partial charge is 0.109 e. The van der Waals surface area contributed by atoms with Crippen molar-refractivity contribution in [2.75, 3.05) is 6.54 Å². The molecule has 0 fully saturated rings. The SMILES string of the molecule is CC(Cc1ccc(Cl)cc1)NCCc1nccn1C. The molecule has 1 atom stereocenters. The zero-order chi connectivity index (χ0) is 13.7. The molecular formula is C15H20ClN3. The van der Waals surface area contributed by atoms with Crippen LogP contribution in [0.25, 0.3) is 0 Å². The summed E-state index contributed by atoms with van der Waals surface area (Å²) in [6.45, 7) is 3.15. The molecule has 0 aliphatic rings. The van der Waals surface area contributed by atoms with Crippen LogP contribution in [0.2, 0.25) is 5.02 Å². The molecule has 1 aromatic heterocycles. The van der Waals surface area contributed by atoms with Crippen molar-refractivity contribution >= 4 is 11.6 Å². The van der Waals surface area contributed by atoms with E-state index in [1.807, 2.05) is 31.6 Å². The molecule has 2 rings (SSSR count). The lowest BCUT2D eigenvalue weighted by molar-refractivity contribution is 0.540. The van der Waals surface area contributed by atoms with Gasteiger partial charge in [0.15, 0.2) is 0 Å². The number of imidazole rings is 1. The quantitative estimate of drug-likeness (QED) is 0.880. The van der Waals surface area contributed by atoms with Crippen molar-refractivity contribution in [3.8, 4) is 0 Å².